The fourth-order valence-corrected chi connectivity index (χ4v) is 5.07. The fourth-order valence-electron chi connectivity index (χ4n) is 4.71. The summed E-state index contributed by atoms with van der Waals surface area (Å²) in [5.41, 5.74) is 2.80. The molecule has 3 N–H and O–H groups in total. The standard InChI is InChI=1S/C24H15BrN4O3/c25-13-5-7-21-16(9-13)19(12-27-21)24(18-11-26-20-4-2-1-3-15(18)20)23(30)17-10-14(29(31)32)6-8-22(17)28-24/h1-12,26-28H/t24-/m0/s1. The predicted molar refractivity (Wildman–Crippen MR) is 126 cm³/mol. The Hall–Kier alpha value is -3.91. The number of hydrogen-bond acceptors (Lipinski definition) is 4. The van der Waals surface area contributed by atoms with Gasteiger partial charge in [0.25, 0.3) is 5.69 Å². The number of rotatable bonds is 3. The van der Waals surface area contributed by atoms with Crippen LogP contribution in [0.3, 0.4) is 0 Å². The van der Waals surface area contributed by atoms with Gasteiger partial charge in [-0.05, 0) is 30.3 Å². The third-order valence-electron chi connectivity index (χ3n) is 6.16. The lowest BCUT2D eigenvalue weighted by Crippen LogP contribution is -2.39. The first-order valence-electron chi connectivity index (χ1n) is 9.94. The number of H-pyrrole nitrogens is 2. The molecule has 7 nitrogen and oxygen atoms in total. The minimum absolute atomic E-state index is 0.115. The SMILES string of the molecule is O=C1c2cc([N+](=O)[O-])ccc2N[C@@]1(c1c[nH]c2ccccc12)c1c[nH]c2ccc(Br)cc12. The zero-order valence-corrected chi connectivity index (χ0v) is 18.1. The van der Waals surface area contributed by atoms with Crippen LogP contribution in [-0.2, 0) is 5.54 Å². The third-order valence-corrected chi connectivity index (χ3v) is 6.66. The van der Waals surface area contributed by atoms with Gasteiger partial charge in [-0.1, -0.05) is 34.1 Å². The number of non-ortho nitro benzene ring substituents is 1. The molecule has 1 atom stereocenters. The topological polar surface area (TPSA) is 104 Å². The van der Waals surface area contributed by atoms with E-state index in [-0.39, 0.29) is 11.5 Å². The van der Waals surface area contributed by atoms with Crippen LogP contribution in [0.15, 0.2) is 77.5 Å². The molecule has 0 saturated heterocycles. The molecule has 0 aliphatic carbocycles. The van der Waals surface area contributed by atoms with E-state index in [1.165, 1.54) is 12.1 Å². The Labute approximate surface area is 189 Å². The summed E-state index contributed by atoms with van der Waals surface area (Å²) in [7, 11) is 0. The second kappa shape index (κ2) is 6.54. The number of anilines is 1. The van der Waals surface area contributed by atoms with Gasteiger partial charge in [-0.15, -0.1) is 0 Å². The number of aromatic nitrogens is 2. The van der Waals surface area contributed by atoms with Crippen LogP contribution in [0.1, 0.15) is 21.5 Å². The number of ketones is 1. The summed E-state index contributed by atoms with van der Waals surface area (Å²) in [5.74, 6) is -0.234. The van der Waals surface area contributed by atoms with Gasteiger partial charge in [0.2, 0.25) is 0 Å². The minimum Gasteiger partial charge on any atom is -0.364 e. The maximum absolute atomic E-state index is 14.1. The quantitative estimate of drug-likeness (QED) is 0.219. The largest absolute Gasteiger partial charge is 0.364 e. The molecular weight excluding hydrogens is 472 g/mol. The maximum Gasteiger partial charge on any atom is 0.270 e. The van der Waals surface area contributed by atoms with Crippen molar-refractivity contribution in [1.29, 1.82) is 0 Å². The summed E-state index contributed by atoms with van der Waals surface area (Å²) in [6.45, 7) is 0. The lowest BCUT2D eigenvalue weighted by Gasteiger charge is -2.28. The molecule has 3 aromatic carbocycles. The molecule has 1 aliphatic rings. The van der Waals surface area contributed by atoms with Crippen LogP contribution in [0, 0.1) is 10.1 Å². The van der Waals surface area contributed by atoms with Crippen LogP contribution >= 0.6 is 15.9 Å². The first-order chi connectivity index (χ1) is 15.5. The van der Waals surface area contributed by atoms with E-state index in [0.29, 0.717) is 11.3 Å². The molecule has 6 rings (SSSR count). The van der Waals surface area contributed by atoms with Gasteiger partial charge < -0.3 is 15.3 Å². The molecule has 0 unspecified atom stereocenters. The number of aromatic amines is 2. The van der Waals surface area contributed by atoms with Gasteiger partial charge in [0.1, 0.15) is 0 Å². The van der Waals surface area contributed by atoms with Gasteiger partial charge in [0, 0.05) is 67.6 Å². The third kappa shape index (κ3) is 2.44. The van der Waals surface area contributed by atoms with E-state index >= 15 is 0 Å². The van der Waals surface area contributed by atoms with E-state index in [1.807, 2.05) is 54.9 Å². The van der Waals surface area contributed by atoms with Crippen LogP contribution in [-0.4, -0.2) is 20.7 Å². The molecule has 8 heteroatoms. The van der Waals surface area contributed by atoms with Crippen molar-refractivity contribution in [1.82, 2.24) is 9.97 Å². The Bertz CT molecular complexity index is 1590. The van der Waals surface area contributed by atoms with Gasteiger partial charge in [-0.25, -0.2) is 0 Å². The zero-order valence-electron chi connectivity index (χ0n) is 16.5. The zero-order chi connectivity index (χ0) is 22.0. The molecule has 0 bridgehead atoms. The molecule has 32 heavy (non-hydrogen) atoms. The number of halogens is 1. The predicted octanol–water partition coefficient (Wildman–Crippen LogP) is 5.87. The Morgan fingerprint density at radius 1 is 0.875 bits per heavy atom. The highest BCUT2D eigenvalue weighted by Gasteiger charge is 2.51. The smallest absolute Gasteiger partial charge is 0.270 e. The second-order valence-electron chi connectivity index (χ2n) is 7.83. The first kappa shape index (κ1) is 18.8. The minimum atomic E-state index is -1.25. The van der Waals surface area contributed by atoms with Crippen molar-refractivity contribution in [2.45, 2.75) is 5.54 Å². The molecule has 0 amide bonds. The number of nitro groups is 1. The summed E-state index contributed by atoms with van der Waals surface area (Å²) in [6, 6.07) is 18.0. The average molecular weight is 487 g/mol. The molecule has 5 aromatic rings. The van der Waals surface area contributed by atoms with E-state index < -0.39 is 10.5 Å². The normalized spacial score (nSPS) is 17.6. The number of fused-ring (bicyclic) bond motifs is 3. The summed E-state index contributed by atoms with van der Waals surface area (Å²) in [4.78, 5) is 31.6. The molecule has 2 aromatic heterocycles. The first-order valence-corrected chi connectivity index (χ1v) is 10.7. The van der Waals surface area contributed by atoms with Gasteiger partial charge in [0.15, 0.2) is 11.3 Å². The highest BCUT2D eigenvalue weighted by molar-refractivity contribution is 9.10. The number of nitrogens with one attached hydrogen (secondary N) is 3. The molecule has 0 saturated carbocycles. The highest BCUT2D eigenvalue weighted by atomic mass is 79.9. The molecule has 3 heterocycles. The number of para-hydroxylation sites is 1. The lowest BCUT2D eigenvalue weighted by atomic mass is 9.79. The molecule has 0 fully saturated rings. The van der Waals surface area contributed by atoms with Crippen LogP contribution < -0.4 is 5.32 Å². The number of benzene rings is 3. The monoisotopic (exact) mass is 486 g/mol. The fraction of sp³-hybridized carbons (Fsp3) is 0.0417. The number of carbonyl (C=O) groups is 1. The Kier molecular flexibility index (Phi) is 3.85. The van der Waals surface area contributed by atoms with E-state index in [4.69, 9.17) is 0 Å². The molecule has 0 radical (unpaired) electrons. The average Bonchev–Trinajstić information content (AvgIpc) is 3.48. The Balaban J connectivity index is 1.69. The van der Waals surface area contributed by atoms with Gasteiger partial charge in [-0.3, -0.25) is 14.9 Å². The van der Waals surface area contributed by atoms with E-state index in [9.17, 15) is 14.9 Å². The second-order valence-corrected chi connectivity index (χ2v) is 8.75. The molecule has 156 valence electrons. The number of Topliss-reactive ketones (excluding diaryl/α,β-unsaturated/α-hetero) is 1. The molecule has 1 aliphatic heterocycles. The van der Waals surface area contributed by atoms with Gasteiger partial charge in [0.05, 0.1) is 10.5 Å². The number of hydrogen-bond donors (Lipinski definition) is 3. The maximum atomic E-state index is 14.1. The number of carbonyl (C=O) groups excluding carboxylic acids is 1. The van der Waals surface area contributed by atoms with E-state index in [1.54, 1.807) is 6.07 Å². The Morgan fingerprint density at radius 2 is 1.59 bits per heavy atom. The van der Waals surface area contributed by atoms with Crippen LogP contribution in [0.4, 0.5) is 11.4 Å². The summed E-state index contributed by atoms with van der Waals surface area (Å²) in [6.07, 6.45) is 3.68. The van der Waals surface area contributed by atoms with Crippen molar-refractivity contribution in [3.8, 4) is 0 Å². The van der Waals surface area contributed by atoms with E-state index in [2.05, 4.69) is 31.2 Å². The summed E-state index contributed by atoms with van der Waals surface area (Å²) >= 11 is 3.53. The van der Waals surface area contributed by atoms with Crippen molar-refractivity contribution in [3.63, 3.8) is 0 Å². The van der Waals surface area contributed by atoms with E-state index in [0.717, 1.165) is 37.4 Å². The highest BCUT2D eigenvalue weighted by Crippen LogP contribution is 2.48. The molecule has 0 spiro atoms. The number of nitrogens with zero attached hydrogens (tertiary/aromatic N) is 1. The van der Waals surface area contributed by atoms with Gasteiger partial charge >= 0.3 is 0 Å². The van der Waals surface area contributed by atoms with Crippen molar-refractivity contribution < 1.29 is 9.72 Å². The summed E-state index contributed by atoms with van der Waals surface area (Å²) in [5, 5.41) is 16.6. The van der Waals surface area contributed by atoms with Crippen molar-refractivity contribution in [3.05, 3.63) is 104 Å². The number of nitro benzene ring substituents is 1. The van der Waals surface area contributed by atoms with Crippen molar-refractivity contribution >= 4 is 54.9 Å². The molecular formula is C24H15BrN4O3. The lowest BCUT2D eigenvalue weighted by molar-refractivity contribution is -0.384. The van der Waals surface area contributed by atoms with Crippen LogP contribution in [0.5, 0.6) is 0 Å². The van der Waals surface area contributed by atoms with Crippen LogP contribution in [0.2, 0.25) is 0 Å². The summed E-state index contributed by atoms with van der Waals surface area (Å²) < 4.78 is 0.888. The van der Waals surface area contributed by atoms with Crippen molar-refractivity contribution in [2.75, 3.05) is 5.32 Å². The van der Waals surface area contributed by atoms with Crippen molar-refractivity contribution in [2.24, 2.45) is 0 Å². The van der Waals surface area contributed by atoms with Crippen LogP contribution in [0.25, 0.3) is 21.8 Å². The van der Waals surface area contributed by atoms with Gasteiger partial charge in [-0.2, -0.15) is 0 Å². The Morgan fingerprint density at radius 3 is 2.38 bits per heavy atom.